The van der Waals surface area contributed by atoms with E-state index in [1.807, 2.05) is 0 Å². The molecule has 38 valence electrons. The maximum absolute atomic E-state index is 10.3. The molecule has 2 N–H and O–H groups in total. The molecule has 1 aliphatic heterocycles. The monoisotopic (exact) mass is 115 g/mol. The lowest BCUT2D eigenvalue weighted by Gasteiger charge is -1.79. The van der Waals surface area contributed by atoms with Crippen LogP contribution in [0.2, 0.25) is 0 Å². The fourth-order valence-electron chi connectivity index (χ4n) is 0.389. The van der Waals surface area contributed by atoms with Crippen LogP contribution in [-0.2, 0) is 4.79 Å². The first-order valence-electron chi connectivity index (χ1n) is 1.92. The summed E-state index contributed by atoms with van der Waals surface area (Å²) < 4.78 is 0. The molecule has 7 heavy (non-hydrogen) atoms. The minimum absolute atomic E-state index is 0.0810. The van der Waals surface area contributed by atoms with E-state index >= 15 is 0 Å². The zero-order chi connectivity index (χ0) is 5.28. The molecule has 0 aromatic rings. The predicted molar refractivity (Wildman–Crippen MR) is 29.7 cm³/mol. The quantitative estimate of drug-likeness (QED) is 0.487. The van der Waals surface area contributed by atoms with E-state index in [0.29, 0.717) is 11.4 Å². The lowest BCUT2D eigenvalue weighted by Crippen LogP contribution is -1.93. The molecular weight excluding hydrogens is 110 g/mol. The molecule has 0 saturated carbocycles. The van der Waals surface area contributed by atoms with Crippen molar-refractivity contribution in [1.82, 2.24) is 0 Å². The average molecular weight is 115 g/mol. The summed E-state index contributed by atoms with van der Waals surface area (Å²) in [7, 11) is 0. The van der Waals surface area contributed by atoms with Crippen molar-refractivity contribution in [3.63, 3.8) is 0 Å². The highest BCUT2D eigenvalue weighted by Crippen LogP contribution is 2.13. The van der Waals surface area contributed by atoms with Crippen molar-refractivity contribution in [2.75, 3.05) is 5.75 Å². The summed E-state index contributed by atoms with van der Waals surface area (Å²) in [6, 6.07) is 0. The second kappa shape index (κ2) is 1.58. The maximum atomic E-state index is 10.3. The van der Waals surface area contributed by atoms with Gasteiger partial charge >= 0.3 is 0 Å². The van der Waals surface area contributed by atoms with Crippen molar-refractivity contribution >= 4 is 16.9 Å². The van der Waals surface area contributed by atoms with Crippen LogP contribution in [-0.4, -0.2) is 10.9 Å². The zero-order valence-corrected chi connectivity index (χ0v) is 4.49. The van der Waals surface area contributed by atoms with Crippen LogP contribution in [0.15, 0.2) is 11.8 Å². The molecule has 0 saturated heterocycles. The van der Waals surface area contributed by atoms with Gasteiger partial charge in [-0.2, -0.15) is 0 Å². The zero-order valence-electron chi connectivity index (χ0n) is 3.68. The van der Waals surface area contributed by atoms with Gasteiger partial charge in [0, 0.05) is 17.5 Å². The predicted octanol–water partition coefficient (Wildman–Crippen LogP) is 0.102. The van der Waals surface area contributed by atoms with E-state index in [4.69, 9.17) is 5.73 Å². The number of nitrogens with two attached hydrogens (primary N) is 1. The third-order valence-electron chi connectivity index (χ3n) is 0.684. The van der Waals surface area contributed by atoms with Gasteiger partial charge in [0.1, 0.15) is 0 Å². The highest BCUT2D eigenvalue weighted by atomic mass is 32.2. The molecule has 0 aromatic carbocycles. The first-order chi connectivity index (χ1) is 3.29. The molecule has 2 nitrogen and oxygen atoms in total. The third-order valence-corrected chi connectivity index (χ3v) is 1.56. The van der Waals surface area contributed by atoms with E-state index in [-0.39, 0.29) is 5.12 Å². The molecular formula is C4H5NOS. The SMILES string of the molecule is NC1=CC(=O)SC1. The molecule has 3 heteroatoms. The van der Waals surface area contributed by atoms with Gasteiger partial charge in [-0.25, -0.2) is 0 Å². The van der Waals surface area contributed by atoms with Crippen molar-refractivity contribution in [3.8, 4) is 0 Å². The molecule has 1 heterocycles. The number of hydrogen-bond donors (Lipinski definition) is 1. The van der Waals surface area contributed by atoms with E-state index in [0.717, 1.165) is 0 Å². The molecule has 0 fully saturated rings. The second-order valence-corrected chi connectivity index (χ2v) is 2.31. The summed E-state index contributed by atoms with van der Waals surface area (Å²) in [6.07, 6.45) is 1.46. The Labute approximate surface area is 45.8 Å². The van der Waals surface area contributed by atoms with E-state index in [1.165, 1.54) is 17.8 Å². The minimum Gasteiger partial charge on any atom is -0.401 e. The van der Waals surface area contributed by atoms with E-state index in [9.17, 15) is 4.79 Å². The lowest BCUT2D eigenvalue weighted by atomic mass is 10.5. The van der Waals surface area contributed by atoms with Gasteiger partial charge in [-0.1, -0.05) is 11.8 Å². The van der Waals surface area contributed by atoms with Crippen molar-refractivity contribution in [3.05, 3.63) is 11.8 Å². The molecule has 0 atom stereocenters. The first kappa shape index (κ1) is 4.71. The molecule has 0 radical (unpaired) electrons. The Hall–Kier alpha value is -0.440. The minimum atomic E-state index is 0.0810. The lowest BCUT2D eigenvalue weighted by molar-refractivity contribution is -0.106. The third kappa shape index (κ3) is 0.962. The largest absolute Gasteiger partial charge is 0.401 e. The summed E-state index contributed by atoms with van der Waals surface area (Å²) in [5.41, 5.74) is 5.93. The highest BCUT2D eigenvalue weighted by molar-refractivity contribution is 8.14. The van der Waals surface area contributed by atoms with Crippen LogP contribution in [0.4, 0.5) is 0 Å². The highest BCUT2D eigenvalue weighted by Gasteiger charge is 2.07. The smallest absolute Gasteiger partial charge is 0.214 e. The van der Waals surface area contributed by atoms with Crippen molar-refractivity contribution in [1.29, 1.82) is 0 Å². The average Bonchev–Trinajstić information content (AvgIpc) is 1.87. The summed E-state index contributed by atoms with van der Waals surface area (Å²) >= 11 is 1.25. The topological polar surface area (TPSA) is 43.1 Å². The summed E-state index contributed by atoms with van der Waals surface area (Å²) in [5, 5.41) is 0.0810. The summed E-state index contributed by atoms with van der Waals surface area (Å²) in [6.45, 7) is 0. The van der Waals surface area contributed by atoms with E-state index in [2.05, 4.69) is 0 Å². The van der Waals surface area contributed by atoms with Crippen molar-refractivity contribution < 1.29 is 4.79 Å². The van der Waals surface area contributed by atoms with Crippen LogP contribution < -0.4 is 5.73 Å². The van der Waals surface area contributed by atoms with Crippen LogP contribution in [0, 0.1) is 0 Å². The standard InChI is InChI=1S/C4H5NOS/c5-3-1-4(6)7-2-3/h1H,2,5H2. The Kier molecular flexibility index (Phi) is 1.06. The van der Waals surface area contributed by atoms with Crippen LogP contribution >= 0.6 is 11.8 Å². The molecule has 0 spiro atoms. The Morgan fingerprint density at radius 3 is 2.71 bits per heavy atom. The van der Waals surface area contributed by atoms with Gasteiger partial charge in [0.15, 0.2) is 0 Å². The number of hydrogen-bond acceptors (Lipinski definition) is 3. The number of rotatable bonds is 0. The van der Waals surface area contributed by atoms with Gasteiger partial charge < -0.3 is 5.73 Å². The van der Waals surface area contributed by atoms with Crippen LogP contribution in [0.5, 0.6) is 0 Å². The molecule has 0 aromatic heterocycles. The molecule has 0 amide bonds. The van der Waals surface area contributed by atoms with Gasteiger partial charge in [-0.05, 0) is 0 Å². The van der Waals surface area contributed by atoms with E-state index < -0.39 is 0 Å². The fourth-order valence-corrected chi connectivity index (χ4v) is 1.02. The summed E-state index contributed by atoms with van der Waals surface area (Å²) in [4.78, 5) is 10.3. The Bertz CT molecular complexity index is 130. The fraction of sp³-hybridized carbons (Fsp3) is 0.250. The molecule has 1 rings (SSSR count). The van der Waals surface area contributed by atoms with Gasteiger partial charge in [-0.15, -0.1) is 0 Å². The molecule has 0 unspecified atom stereocenters. The molecule has 0 bridgehead atoms. The van der Waals surface area contributed by atoms with Crippen molar-refractivity contribution in [2.45, 2.75) is 0 Å². The summed E-state index contributed by atoms with van der Waals surface area (Å²) in [5.74, 6) is 0.679. The Balaban J connectivity index is 2.67. The van der Waals surface area contributed by atoms with Gasteiger partial charge in [0.05, 0.1) is 0 Å². The van der Waals surface area contributed by atoms with Crippen LogP contribution in [0.1, 0.15) is 0 Å². The Morgan fingerprint density at radius 1 is 1.86 bits per heavy atom. The normalized spacial score (nSPS) is 20.0. The van der Waals surface area contributed by atoms with Gasteiger partial charge in [0.25, 0.3) is 0 Å². The number of carbonyl (C=O) groups excluding carboxylic acids is 1. The Morgan fingerprint density at radius 2 is 2.57 bits per heavy atom. The van der Waals surface area contributed by atoms with Crippen molar-refractivity contribution in [2.24, 2.45) is 5.73 Å². The van der Waals surface area contributed by atoms with E-state index in [1.54, 1.807) is 0 Å². The second-order valence-electron chi connectivity index (χ2n) is 1.33. The molecule has 0 aliphatic carbocycles. The van der Waals surface area contributed by atoms with Crippen LogP contribution in [0.25, 0.3) is 0 Å². The molecule has 1 aliphatic rings. The maximum Gasteiger partial charge on any atom is 0.214 e. The van der Waals surface area contributed by atoms with Gasteiger partial charge in [0.2, 0.25) is 5.12 Å². The number of carbonyl (C=O) groups is 1. The van der Waals surface area contributed by atoms with Crippen LogP contribution in [0.3, 0.4) is 0 Å². The first-order valence-corrected chi connectivity index (χ1v) is 2.90. The number of thioether (sulfide) groups is 1. The van der Waals surface area contributed by atoms with Gasteiger partial charge in [-0.3, -0.25) is 4.79 Å².